The number of ketones is 1. The third-order valence-electron chi connectivity index (χ3n) is 6.97. The number of nitrogens with one attached hydrogen (secondary N) is 1. The third kappa shape index (κ3) is 4.97. The third-order valence-corrected chi connectivity index (χ3v) is 7.83. The van der Waals surface area contributed by atoms with Crippen molar-refractivity contribution in [3.8, 4) is 0 Å². The molecule has 1 saturated carbocycles. The van der Waals surface area contributed by atoms with Crippen molar-refractivity contribution in [1.82, 2.24) is 10.2 Å². The first kappa shape index (κ1) is 24.3. The molecule has 0 amide bonds. The first-order valence-corrected chi connectivity index (χ1v) is 13.3. The fourth-order valence-corrected chi connectivity index (χ4v) is 5.64. The summed E-state index contributed by atoms with van der Waals surface area (Å²) in [6.07, 6.45) is 7.72. The molecule has 2 N–H and O–H groups in total. The average molecular weight is 501 g/mol. The van der Waals surface area contributed by atoms with Crippen LogP contribution in [0.2, 0.25) is 0 Å². The summed E-state index contributed by atoms with van der Waals surface area (Å²) >= 11 is 1.71. The van der Waals surface area contributed by atoms with E-state index in [2.05, 4.69) is 40.0 Å². The monoisotopic (exact) mass is 500 g/mol. The summed E-state index contributed by atoms with van der Waals surface area (Å²) in [4.78, 5) is 12.0. The van der Waals surface area contributed by atoms with E-state index in [1.807, 2.05) is 36.4 Å². The Morgan fingerprint density at radius 2 is 1.94 bits per heavy atom. The lowest BCUT2D eigenvalue weighted by Crippen LogP contribution is -2.15. The van der Waals surface area contributed by atoms with Gasteiger partial charge in [0, 0.05) is 13.0 Å². The molecule has 184 valence electrons. The van der Waals surface area contributed by atoms with Crippen molar-refractivity contribution < 1.29 is 14.3 Å². The number of nitrogens with zero attached hydrogens (tertiary/aromatic N) is 1. The van der Waals surface area contributed by atoms with Crippen LogP contribution in [0.4, 0.5) is 4.39 Å². The van der Waals surface area contributed by atoms with Gasteiger partial charge in [0.25, 0.3) is 0 Å². The number of aliphatic hydroxyl groups excluding tert-OH is 1. The number of allylic oxidation sites excluding steroid dienone is 2. The number of halogens is 1. The predicted octanol–water partition coefficient (Wildman–Crippen LogP) is 7.19. The van der Waals surface area contributed by atoms with E-state index in [9.17, 15) is 9.18 Å². The van der Waals surface area contributed by atoms with E-state index in [0.717, 1.165) is 35.1 Å². The van der Waals surface area contributed by atoms with Gasteiger partial charge in [-0.15, -0.1) is 0 Å². The normalized spacial score (nSPS) is 14.9. The van der Waals surface area contributed by atoms with Gasteiger partial charge < -0.3 is 5.11 Å². The Morgan fingerprint density at radius 1 is 1.17 bits per heavy atom. The Kier molecular flexibility index (Phi) is 7.25. The van der Waals surface area contributed by atoms with Crippen LogP contribution >= 0.6 is 11.3 Å². The molecule has 36 heavy (non-hydrogen) atoms. The molecule has 4 nitrogen and oxygen atoms in total. The molecule has 0 saturated heterocycles. The number of benzene rings is 2. The highest BCUT2D eigenvalue weighted by molar-refractivity contribution is 7.08. The fraction of sp³-hybridized carbons (Fsp3) is 0.267. The fourth-order valence-electron chi connectivity index (χ4n) is 4.79. The minimum Gasteiger partial charge on any atom is -0.396 e. The summed E-state index contributed by atoms with van der Waals surface area (Å²) < 4.78 is 14.5. The second-order valence-electron chi connectivity index (χ2n) is 9.40. The van der Waals surface area contributed by atoms with Crippen molar-refractivity contribution in [3.63, 3.8) is 0 Å². The quantitative estimate of drug-likeness (QED) is 0.239. The molecule has 0 atom stereocenters. The van der Waals surface area contributed by atoms with Gasteiger partial charge in [-0.1, -0.05) is 42.8 Å². The number of carbonyl (C=O) groups excluding carboxylic acids is 1. The summed E-state index contributed by atoms with van der Waals surface area (Å²) in [5.74, 6) is 0.0423. The molecular formula is C30H29FN2O2S. The van der Waals surface area contributed by atoms with Crippen LogP contribution in [0, 0.1) is 18.8 Å². The number of aryl methyl sites for hydroxylation is 1. The summed E-state index contributed by atoms with van der Waals surface area (Å²) in [5, 5.41) is 20.3. The molecule has 6 heteroatoms. The number of thiophene rings is 1. The van der Waals surface area contributed by atoms with Crippen molar-refractivity contribution in [2.75, 3.05) is 6.61 Å². The maximum absolute atomic E-state index is 14.5. The lowest BCUT2D eigenvalue weighted by Gasteiger charge is -2.31. The van der Waals surface area contributed by atoms with Gasteiger partial charge in [0.1, 0.15) is 0 Å². The molecule has 1 aliphatic carbocycles. The van der Waals surface area contributed by atoms with Crippen LogP contribution in [0.3, 0.4) is 0 Å². The molecule has 0 spiro atoms. The molecule has 0 radical (unpaired) electrons. The smallest absolute Gasteiger partial charge is 0.216 e. The maximum atomic E-state index is 14.5. The molecular weight excluding hydrogens is 471 g/mol. The molecule has 2 aromatic heterocycles. The molecule has 5 rings (SSSR count). The van der Waals surface area contributed by atoms with Gasteiger partial charge in [0.2, 0.25) is 5.95 Å². The molecule has 2 heterocycles. The molecule has 4 aromatic rings. The van der Waals surface area contributed by atoms with Gasteiger partial charge in [-0.25, -0.2) is 0 Å². The summed E-state index contributed by atoms with van der Waals surface area (Å²) in [6, 6.07) is 14.0. The van der Waals surface area contributed by atoms with E-state index in [-0.39, 0.29) is 12.4 Å². The number of hydrogen-bond acceptors (Lipinski definition) is 4. The Bertz CT molecular complexity index is 1440. The zero-order valence-corrected chi connectivity index (χ0v) is 21.1. The second-order valence-corrected chi connectivity index (χ2v) is 10.1. The highest BCUT2D eigenvalue weighted by Crippen LogP contribution is 2.46. The van der Waals surface area contributed by atoms with Crippen molar-refractivity contribution in [2.45, 2.75) is 39.0 Å². The van der Waals surface area contributed by atoms with Crippen LogP contribution < -0.4 is 0 Å². The molecule has 0 aliphatic heterocycles. The standard InChI is InChI=1S/C30H29FN2O2S/c1-19-17-36-18-26(19)29(21-4-2-5-21)28(23-12-14-27-25(16-23)30(31)33-32-27)22-10-7-20(8-11-22)9-13-24(35)6-3-15-34/h7-14,16-18,21,34H,2-6,15H2,1H3,(H,32,33)/b13-9+,29-28+. The van der Waals surface area contributed by atoms with Gasteiger partial charge >= 0.3 is 0 Å². The van der Waals surface area contributed by atoms with Crippen LogP contribution in [0.1, 0.15) is 59.9 Å². The molecule has 2 aromatic carbocycles. The highest BCUT2D eigenvalue weighted by atomic mass is 32.1. The number of hydrogen-bond donors (Lipinski definition) is 2. The van der Waals surface area contributed by atoms with Crippen molar-refractivity contribution in [3.05, 3.63) is 93.1 Å². The van der Waals surface area contributed by atoms with Crippen LogP contribution in [0.25, 0.3) is 28.1 Å². The Labute approximate surface area is 214 Å². The van der Waals surface area contributed by atoms with Gasteiger partial charge in [-0.2, -0.15) is 20.8 Å². The van der Waals surface area contributed by atoms with Gasteiger partial charge in [-0.3, -0.25) is 9.89 Å². The van der Waals surface area contributed by atoms with E-state index in [4.69, 9.17) is 5.11 Å². The van der Waals surface area contributed by atoms with Crippen molar-refractivity contribution >= 4 is 45.2 Å². The molecule has 0 bridgehead atoms. The van der Waals surface area contributed by atoms with Crippen molar-refractivity contribution in [1.29, 1.82) is 0 Å². The van der Waals surface area contributed by atoms with E-state index in [0.29, 0.717) is 29.7 Å². The Morgan fingerprint density at radius 3 is 2.61 bits per heavy atom. The first-order valence-electron chi connectivity index (χ1n) is 12.4. The Balaban J connectivity index is 1.62. The van der Waals surface area contributed by atoms with Gasteiger partial charge in [-0.05, 0) is 100 Å². The number of carbonyl (C=O) groups is 1. The SMILES string of the molecule is Cc1cscc1/C(=C(\c1ccc(/C=C/C(=O)CCCO)cc1)c1ccc2n[nH]c(F)c2c1)C1CCC1. The number of aromatic nitrogens is 2. The average Bonchev–Trinajstić information content (AvgIpc) is 3.45. The van der Waals surface area contributed by atoms with Crippen LogP contribution in [0.5, 0.6) is 0 Å². The zero-order valence-electron chi connectivity index (χ0n) is 20.3. The van der Waals surface area contributed by atoms with E-state index in [1.165, 1.54) is 23.1 Å². The number of fused-ring (bicyclic) bond motifs is 1. The molecule has 1 aliphatic rings. The van der Waals surface area contributed by atoms with E-state index >= 15 is 0 Å². The minimum absolute atomic E-state index is 0.00403. The topological polar surface area (TPSA) is 66.0 Å². The lowest BCUT2D eigenvalue weighted by atomic mass is 9.73. The van der Waals surface area contributed by atoms with Gasteiger partial charge in [0.05, 0.1) is 10.9 Å². The van der Waals surface area contributed by atoms with Crippen LogP contribution in [-0.2, 0) is 4.79 Å². The van der Waals surface area contributed by atoms with Crippen LogP contribution in [-0.4, -0.2) is 27.7 Å². The largest absolute Gasteiger partial charge is 0.396 e. The number of aliphatic hydroxyl groups is 1. The molecule has 0 unspecified atom stereocenters. The summed E-state index contributed by atoms with van der Waals surface area (Å²) in [6.45, 7) is 2.17. The van der Waals surface area contributed by atoms with E-state index < -0.39 is 5.95 Å². The van der Waals surface area contributed by atoms with Crippen molar-refractivity contribution in [2.24, 2.45) is 5.92 Å². The summed E-state index contributed by atoms with van der Waals surface area (Å²) in [7, 11) is 0. The second kappa shape index (κ2) is 10.7. The van der Waals surface area contributed by atoms with Gasteiger partial charge in [0.15, 0.2) is 5.78 Å². The number of rotatable bonds is 9. The minimum atomic E-state index is -0.422. The number of aromatic amines is 1. The number of H-pyrrole nitrogens is 1. The Hall–Kier alpha value is -3.35. The highest BCUT2D eigenvalue weighted by Gasteiger charge is 2.28. The van der Waals surface area contributed by atoms with E-state index in [1.54, 1.807) is 17.4 Å². The molecule has 1 fully saturated rings. The maximum Gasteiger partial charge on any atom is 0.216 e. The lowest BCUT2D eigenvalue weighted by molar-refractivity contribution is -0.114. The summed E-state index contributed by atoms with van der Waals surface area (Å²) in [5.41, 5.74) is 8.56. The first-order chi connectivity index (χ1) is 17.5. The zero-order chi connectivity index (χ0) is 25.1. The predicted molar refractivity (Wildman–Crippen MR) is 145 cm³/mol. The van der Waals surface area contributed by atoms with Crippen LogP contribution in [0.15, 0.2) is 59.3 Å².